The summed E-state index contributed by atoms with van der Waals surface area (Å²) in [6, 6.07) is 94.9. The highest BCUT2D eigenvalue weighted by Crippen LogP contribution is 2.45. The van der Waals surface area contributed by atoms with Gasteiger partial charge in [0.2, 0.25) is 0 Å². The number of nitrogens with zero attached hydrogens (tertiary/aromatic N) is 7. The molecule has 6 aromatic heterocycles. The molecular formula is C80H51F2N7. The maximum atomic E-state index is 15.8. The topological polar surface area (TPSA) is 74.3 Å². The van der Waals surface area contributed by atoms with Crippen LogP contribution in [0.25, 0.3) is 156 Å². The summed E-state index contributed by atoms with van der Waals surface area (Å²) in [5.74, 6) is -0.767. The summed E-state index contributed by atoms with van der Waals surface area (Å²) in [7, 11) is 0. The molecule has 420 valence electrons. The summed E-state index contributed by atoms with van der Waals surface area (Å²) in [5.41, 5.74) is 20.9. The summed E-state index contributed by atoms with van der Waals surface area (Å²) in [6.07, 6.45) is 1.80. The van der Waals surface area contributed by atoms with Crippen molar-refractivity contribution >= 4 is 43.6 Å². The summed E-state index contributed by atoms with van der Waals surface area (Å²) in [4.78, 5) is 25.6. The van der Waals surface area contributed by atoms with Gasteiger partial charge in [-0.05, 0) is 133 Å². The van der Waals surface area contributed by atoms with Gasteiger partial charge in [0, 0.05) is 83.9 Å². The smallest absolute Gasteiger partial charge is 0.159 e. The second-order valence-electron chi connectivity index (χ2n) is 22.3. The maximum absolute atomic E-state index is 15.8. The van der Waals surface area contributed by atoms with Gasteiger partial charge < -0.3 is 9.13 Å². The van der Waals surface area contributed by atoms with Gasteiger partial charge in [-0.15, -0.1) is 0 Å². The molecule has 0 spiro atoms. The van der Waals surface area contributed by atoms with Crippen LogP contribution >= 0.6 is 0 Å². The lowest BCUT2D eigenvalue weighted by atomic mass is 9.98. The highest BCUT2D eigenvalue weighted by atomic mass is 19.1. The van der Waals surface area contributed by atoms with Crippen molar-refractivity contribution in [2.24, 2.45) is 0 Å². The quantitative estimate of drug-likeness (QED) is 0.129. The average Bonchev–Trinajstić information content (AvgIpc) is 1.60. The molecule has 0 aliphatic carbocycles. The lowest BCUT2D eigenvalue weighted by molar-refractivity contribution is 0.584. The highest BCUT2D eigenvalue weighted by molar-refractivity contribution is 6.14. The van der Waals surface area contributed by atoms with Gasteiger partial charge in [0.1, 0.15) is 11.6 Å². The zero-order valence-corrected chi connectivity index (χ0v) is 48.1. The minimum Gasteiger partial charge on any atom is -0.309 e. The number of hydrogen-bond donors (Lipinski definition) is 0. The molecule has 16 rings (SSSR count). The third-order valence-electron chi connectivity index (χ3n) is 16.9. The molecule has 0 aliphatic heterocycles. The van der Waals surface area contributed by atoms with Crippen molar-refractivity contribution in [3.8, 4) is 113 Å². The fourth-order valence-corrected chi connectivity index (χ4v) is 12.7. The first-order valence-corrected chi connectivity index (χ1v) is 29.6. The first-order valence-electron chi connectivity index (χ1n) is 29.6. The van der Waals surface area contributed by atoms with Gasteiger partial charge in [0.15, 0.2) is 5.82 Å². The zero-order valence-electron chi connectivity index (χ0n) is 48.1. The van der Waals surface area contributed by atoms with Gasteiger partial charge in [-0.2, -0.15) is 0 Å². The minimum atomic E-state index is -0.672. The Kier molecular flexibility index (Phi) is 13.0. The van der Waals surface area contributed by atoms with Crippen LogP contribution in [0.3, 0.4) is 0 Å². The molecule has 7 nitrogen and oxygen atoms in total. The molecule has 0 saturated heterocycles. The summed E-state index contributed by atoms with van der Waals surface area (Å²) >= 11 is 0. The van der Waals surface area contributed by atoms with Gasteiger partial charge >= 0.3 is 0 Å². The number of halogens is 2. The lowest BCUT2D eigenvalue weighted by Crippen LogP contribution is -2.06. The van der Waals surface area contributed by atoms with Gasteiger partial charge in [0.25, 0.3) is 0 Å². The third-order valence-corrected chi connectivity index (χ3v) is 16.9. The number of aromatic nitrogens is 7. The second-order valence-corrected chi connectivity index (χ2v) is 22.3. The molecule has 0 aliphatic rings. The van der Waals surface area contributed by atoms with E-state index < -0.39 is 11.6 Å². The van der Waals surface area contributed by atoms with Crippen LogP contribution in [0.15, 0.2) is 291 Å². The standard InChI is InChI=1S/C80H51F2N7/c1-50-74(88-75-36-31-55(70-28-14-25-67(84-70)51-17-6-2-7-18-51)45-63(75)64-46-56(32-37-76(64)88)71-29-15-26-68(85-71)52-19-8-3-9-20-52)40-35-62(59-43-60(81)49-61(82)44-59)79(50)89-77-38-33-57(72-30-16-27-69(86-72)53-21-10-4-11-22-53)47-65(77)66-48-58(34-39-78(66)89)80-83-42-41-73(87-80)54-23-12-5-13-24-54/h2-49H,1H3. The van der Waals surface area contributed by atoms with Crippen molar-refractivity contribution < 1.29 is 8.78 Å². The van der Waals surface area contributed by atoms with E-state index >= 15 is 8.78 Å². The van der Waals surface area contributed by atoms with E-state index in [0.717, 1.165) is 151 Å². The SMILES string of the molecule is Cc1c(-n2c3ccc(-c4cccc(-c5ccccc5)n4)cc3c3cc(-c4cccc(-c5ccccc5)n4)ccc32)ccc(-c2cc(F)cc(F)c2)c1-n1c2ccc(-c3cccc(-c4ccccc4)n3)cc2c2cc(-c3nccc(-c4ccccc4)n3)ccc21. The maximum Gasteiger partial charge on any atom is 0.159 e. The van der Waals surface area contributed by atoms with E-state index in [2.05, 4.69) is 156 Å². The van der Waals surface area contributed by atoms with Crippen molar-refractivity contribution in [2.75, 3.05) is 0 Å². The fourth-order valence-electron chi connectivity index (χ4n) is 12.7. The Balaban J connectivity index is 0.942. The Hall–Kier alpha value is -11.8. The molecule has 10 aromatic carbocycles. The first-order chi connectivity index (χ1) is 43.8. The third kappa shape index (κ3) is 9.58. The van der Waals surface area contributed by atoms with Crippen molar-refractivity contribution in [1.82, 2.24) is 34.1 Å². The van der Waals surface area contributed by atoms with Crippen LogP contribution in [0.5, 0.6) is 0 Å². The summed E-state index contributed by atoms with van der Waals surface area (Å²) in [5, 5.41) is 3.91. The molecule has 0 fully saturated rings. The molecule has 0 bridgehead atoms. The largest absolute Gasteiger partial charge is 0.309 e. The van der Waals surface area contributed by atoms with Gasteiger partial charge in [-0.1, -0.05) is 164 Å². The first kappa shape index (κ1) is 52.7. The summed E-state index contributed by atoms with van der Waals surface area (Å²) in [6.45, 7) is 2.12. The molecular weight excluding hydrogens is 1100 g/mol. The van der Waals surface area contributed by atoms with Crippen LogP contribution in [-0.2, 0) is 0 Å². The number of fused-ring (bicyclic) bond motifs is 6. The van der Waals surface area contributed by atoms with E-state index in [1.807, 2.05) is 127 Å². The number of benzene rings is 10. The molecule has 0 saturated carbocycles. The van der Waals surface area contributed by atoms with Crippen LogP contribution in [-0.4, -0.2) is 34.1 Å². The number of pyridine rings is 3. The molecule has 0 N–H and O–H groups in total. The van der Waals surface area contributed by atoms with E-state index in [1.165, 1.54) is 12.1 Å². The van der Waals surface area contributed by atoms with Crippen LogP contribution in [0.2, 0.25) is 0 Å². The Morgan fingerprint density at radius 3 is 1.06 bits per heavy atom. The average molecular weight is 1150 g/mol. The lowest BCUT2D eigenvalue weighted by Gasteiger charge is -2.21. The van der Waals surface area contributed by atoms with Crippen molar-refractivity contribution in [2.45, 2.75) is 6.92 Å². The Morgan fingerprint density at radius 2 is 0.640 bits per heavy atom. The Morgan fingerprint density at radius 1 is 0.281 bits per heavy atom. The Labute approximate surface area is 511 Å². The van der Waals surface area contributed by atoms with E-state index in [9.17, 15) is 0 Å². The van der Waals surface area contributed by atoms with Gasteiger partial charge in [0.05, 0.1) is 73.3 Å². The van der Waals surface area contributed by atoms with Crippen LogP contribution in [0, 0.1) is 18.6 Å². The normalized spacial score (nSPS) is 11.5. The Bertz CT molecular complexity index is 5110. The van der Waals surface area contributed by atoms with Crippen LogP contribution in [0.4, 0.5) is 8.78 Å². The van der Waals surface area contributed by atoms with Crippen LogP contribution < -0.4 is 0 Å². The number of rotatable bonds is 11. The van der Waals surface area contributed by atoms with Crippen LogP contribution in [0.1, 0.15) is 5.56 Å². The summed E-state index contributed by atoms with van der Waals surface area (Å²) < 4.78 is 36.1. The molecule has 16 aromatic rings. The molecule has 89 heavy (non-hydrogen) atoms. The van der Waals surface area contributed by atoms with E-state index in [0.29, 0.717) is 17.0 Å². The number of hydrogen-bond acceptors (Lipinski definition) is 5. The predicted octanol–water partition coefficient (Wildman–Crippen LogP) is 20.4. The predicted molar refractivity (Wildman–Crippen MR) is 358 cm³/mol. The molecule has 0 atom stereocenters. The van der Waals surface area contributed by atoms with Gasteiger partial charge in [-0.3, -0.25) is 0 Å². The second kappa shape index (κ2) is 21.9. The molecule has 6 heterocycles. The zero-order chi connectivity index (χ0) is 59.5. The van der Waals surface area contributed by atoms with Gasteiger partial charge in [-0.25, -0.2) is 33.7 Å². The van der Waals surface area contributed by atoms with E-state index in [4.69, 9.17) is 24.9 Å². The van der Waals surface area contributed by atoms with Crippen molar-refractivity contribution in [3.63, 3.8) is 0 Å². The van der Waals surface area contributed by atoms with Crippen molar-refractivity contribution in [1.29, 1.82) is 0 Å². The highest BCUT2D eigenvalue weighted by Gasteiger charge is 2.25. The molecule has 0 amide bonds. The molecule has 0 radical (unpaired) electrons. The monoisotopic (exact) mass is 1150 g/mol. The molecule has 0 unspecified atom stereocenters. The van der Waals surface area contributed by atoms with Crippen molar-refractivity contribution in [3.05, 3.63) is 309 Å². The van der Waals surface area contributed by atoms with E-state index in [1.54, 1.807) is 6.20 Å². The fraction of sp³-hybridized carbons (Fsp3) is 0.0125. The minimum absolute atomic E-state index is 0.399. The van der Waals surface area contributed by atoms with E-state index in [-0.39, 0.29) is 0 Å². The molecule has 9 heteroatoms.